The van der Waals surface area contributed by atoms with Gasteiger partial charge in [0.05, 0.1) is 31.4 Å². The maximum atomic E-state index is 14.7. The first-order valence-corrected chi connectivity index (χ1v) is 18.2. The third kappa shape index (κ3) is 9.70. The predicted molar refractivity (Wildman–Crippen MR) is 196 cm³/mol. The summed E-state index contributed by atoms with van der Waals surface area (Å²) in [6.07, 6.45) is 0.877. The molecule has 266 valence electrons. The molecule has 0 aliphatic rings. The average molecular weight is 722 g/mol. The maximum absolute atomic E-state index is 14.7. The van der Waals surface area contributed by atoms with E-state index in [0.717, 1.165) is 9.87 Å². The van der Waals surface area contributed by atoms with Gasteiger partial charge in [-0.15, -0.1) is 0 Å². The number of methoxy groups -OCH3 is 2. The van der Waals surface area contributed by atoms with Crippen LogP contribution in [-0.4, -0.2) is 64.6 Å². The lowest BCUT2D eigenvalue weighted by atomic mass is 10.0. The van der Waals surface area contributed by atoms with Crippen molar-refractivity contribution in [3.05, 3.63) is 113 Å². The number of carbonyl (C=O) groups is 2. The quantitative estimate of drug-likeness (QED) is 0.132. The van der Waals surface area contributed by atoms with E-state index in [9.17, 15) is 18.0 Å². The molecule has 0 spiro atoms. The molecule has 0 aromatic heterocycles. The van der Waals surface area contributed by atoms with Crippen molar-refractivity contribution in [2.75, 3.05) is 31.7 Å². The standard InChI is InChI=1S/C38H44ClN3O7S/c1-6-27(3)40-38(44)34(23-28-12-9-8-10-13-28)41(25-29-14-11-15-30(39)22-29)37(43)26-42(31-16-18-32(19-17-31)49-7-2)50(45,46)33-20-21-35(47-4)36(24-33)48-5/h8-22,24,27,34H,6-7,23,25-26H2,1-5H3,(H,40,44)/t27-,34-/m0/s1. The number of nitrogens with one attached hydrogen (secondary N) is 1. The molecule has 2 atom stereocenters. The van der Waals surface area contributed by atoms with Crippen LogP contribution in [-0.2, 0) is 32.6 Å². The van der Waals surface area contributed by atoms with Crippen molar-refractivity contribution < 1.29 is 32.2 Å². The van der Waals surface area contributed by atoms with Gasteiger partial charge in [0.25, 0.3) is 10.0 Å². The number of anilines is 1. The van der Waals surface area contributed by atoms with Crippen molar-refractivity contribution >= 4 is 39.1 Å². The summed E-state index contributed by atoms with van der Waals surface area (Å²) in [6.45, 7) is 5.50. The van der Waals surface area contributed by atoms with Crippen LogP contribution in [0.1, 0.15) is 38.3 Å². The van der Waals surface area contributed by atoms with E-state index in [-0.39, 0.29) is 41.2 Å². The molecular weight excluding hydrogens is 678 g/mol. The topological polar surface area (TPSA) is 114 Å². The lowest BCUT2D eigenvalue weighted by Crippen LogP contribution is -2.54. The van der Waals surface area contributed by atoms with Gasteiger partial charge in [-0.1, -0.05) is 61.0 Å². The molecule has 2 amide bonds. The minimum atomic E-state index is -4.38. The summed E-state index contributed by atoms with van der Waals surface area (Å²) in [5.74, 6) is 0.146. The monoisotopic (exact) mass is 721 g/mol. The van der Waals surface area contributed by atoms with Gasteiger partial charge in [-0.2, -0.15) is 0 Å². The van der Waals surface area contributed by atoms with Crippen LogP contribution in [0.3, 0.4) is 0 Å². The van der Waals surface area contributed by atoms with Gasteiger partial charge in [0.1, 0.15) is 18.3 Å². The molecule has 0 bridgehead atoms. The molecule has 4 aromatic carbocycles. The maximum Gasteiger partial charge on any atom is 0.264 e. The number of sulfonamides is 1. The molecule has 0 aliphatic heterocycles. The Labute approximate surface area is 300 Å². The Morgan fingerprint density at radius 3 is 2.14 bits per heavy atom. The molecule has 1 N–H and O–H groups in total. The van der Waals surface area contributed by atoms with Gasteiger partial charge >= 0.3 is 0 Å². The smallest absolute Gasteiger partial charge is 0.264 e. The van der Waals surface area contributed by atoms with Gasteiger partial charge in [0.15, 0.2) is 11.5 Å². The van der Waals surface area contributed by atoms with Gasteiger partial charge in [-0.3, -0.25) is 13.9 Å². The minimum Gasteiger partial charge on any atom is -0.494 e. The zero-order chi connectivity index (χ0) is 36.3. The number of hydrogen-bond acceptors (Lipinski definition) is 7. The molecule has 4 rings (SSSR count). The van der Waals surface area contributed by atoms with E-state index in [1.165, 1.54) is 37.3 Å². The lowest BCUT2D eigenvalue weighted by Gasteiger charge is -2.34. The number of rotatable bonds is 17. The Balaban J connectivity index is 1.84. The summed E-state index contributed by atoms with van der Waals surface area (Å²) in [5, 5.41) is 3.50. The summed E-state index contributed by atoms with van der Waals surface area (Å²) in [5.41, 5.74) is 1.74. The van der Waals surface area contributed by atoms with Crippen molar-refractivity contribution in [1.82, 2.24) is 10.2 Å². The zero-order valence-corrected chi connectivity index (χ0v) is 30.5. The summed E-state index contributed by atoms with van der Waals surface area (Å²) in [4.78, 5) is 30.1. The number of ether oxygens (including phenoxy) is 3. The highest BCUT2D eigenvalue weighted by atomic mass is 35.5. The molecule has 0 saturated heterocycles. The fourth-order valence-electron chi connectivity index (χ4n) is 5.34. The van der Waals surface area contributed by atoms with Gasteiger partial charge in [0.2, 0.25) is 11.8 Å². The number of hydrogen-bond donors (Lipinski definition) is 1. The number of halogens is 1. The van der Waals surface area contributed by atoms with E-state index < -0.39 is 28.5 Å². The predicted octanol–water partition coefficient (Wildman–Crippen LogP) is 6.51. The van der Waals surface area contributed by atoms with Gasteiger partial charge in [-0.25, -0.2) is 8.42 Å². The Morgan fingerprint density at radius 2 is 1.52 bits per heavy atom. The van der Waals surface area contributed by atoms with Crippen LogP contribution in [0.2, 0.25) is 5.02 Å². The Hall–Kier alpha value is -4.74. The number of carbonyl (C=O) groups excluding carboxylic acids is 2. The second-order valence-electron chi connectivity index (χ2n) is 11.6. The molecule has 12 heteroatoms. The van der Waals surface area contributed by atoms with Crippen LogP contribution in [0.5, 0.6) is 17.2 Å². The summed E-state index contributed by atoms with van der Waals surface area (Å²) in [6, 6.07) is 25.9. The Kier molecular flexibility index (Phi) is 13.5. The fourth-order valence-corrected chi connectivity index (χ4v) is 6.98. The van der Waals surface area contributed by atoms with Crippen LogP contribution in [0.25, 0.3) is 0 Å². The first kappa shape index (κ1) is 38.1. The molecule has 50 heavy (non-hydrogen) atoms. The van der Waals surface area contributed by atoms with E-state index in [0.29, 0.717) is 35.1 Å². The average Bonchev–Trinajstić information content (AvgIpc) is 3.12. The SMILES string of the molecule is CCOc1ccc(N(CC(=O)N(Cc2cccc(Cl)c2)[C@@H](Cc2ccccc2)C(=O)N[C@@H](C)CC)S(=O)(=O)c2ccc(OC)c(OC)c2)cc1. The fraction of sp³-hybridized carbons (Fsp3) is 0.316. The van der Waals surface area contributed by atoms with Gasteiger partial charge in [-0.05, 0) is 79.9 Å². The van der Waals surface area contributed by atoms with Crippen molar-refractivity contribution in [2.45, 2.75) is 57.1 Å². The molecule has 0 unspecified atom stereocenters. The van der Waals surface area contributed by atoms with E-state index in [1.54, 1.807) is 42.5 Å². The first-order valence-electron chi connectivity index (χ1n) is 16.4. The summed E-state index contributed by atoms with van der Waals surface area (Å²) >= 11 is 6.34. The number of amides is 2. The van der Waals surface area contributed by atoms with E-state index in [2.05, 4.69) is 5.32 Å². The van der Waals surface area contributed by atoms with Crippen LogP contribution in [0.4, 0.5) is 5.69 Å². The Morgan fingerprint density at radius 1 is 0.840 bits per heavy atom. The molecule has 0 fully saturated rings. The molecule has 0 saturated carbocycles. The third-order valence-corrected chi connectivity index (χ3v) is 10.2. The van der Waals surface area contributed by atoms with Crippen LogP contribution in [0.15, 0.2) is 102 Å². The second kappa shape index (κ2) is 17.8. The molecule has 0 aliphatic carbocycles. The molecule has 10 nitrogen and oxygen atoms in total. The molecule has 0 heterocycles. The molecule has 0 radical (unpaired) electrons. The highest BCUT2D eigenvalue weighted by Gasteiger charge is 2.35. The third-order valence-electron chi connectivity index (χ3n) is 8.17. The number of nitrogens with zero attached hydrogens (tertiary/aromatic N) is 2. The highest BCUT2D eigenvalue weighted by Crippen LogP contribution is 2.33. The zero-order valence-electron chi connectivity index (χ0n) is 29.0. The summed E-state index contributed by atoms with van der Waals surface area (Å²) < 4.78 is 46.3. The van der Waals surface area contributed by atoms with Crippen molar-refractivity contribution in [3.63, 3.8) is 0 Å². The Bertz CT molecular complexity index is 1840. The van der Waals surface area contributed by atoms with Gasteiger partial charge < -0.3 is 24.4 Å². The molecular formula is C38H44ClN3O7S. The lowest BCUT2D eigenvalue weighted by molar-refractivity contribution is -0.140. The van der Waals surface area contributed by atoms with Crippen molar-refractivity contribution in [1.29, 1.82) is 0 Å². The van der Waals surface area contributed by atoms with E-state index in [4.69, 9.17) is 25.8 Å². The van der Waals surface area contributed by atoms with Gasteiger partial charge in [0, 0.05) is 30.1 Å². The second-order valence-corrected chi connectivity index (χ2v) is 13.9. The largest absolute Gasteiger partial charge is 0.494 e. The summed E-state index contributed by atoms with van der Waals surface area (Å²) in [7, 11) is -1.52. The number of benzene rings is 4. The van der Waals surface area contributed by atoms with Crippen molar-refractivity contribution in [3.8, 4) is 17.2 Å². The van der Waals surface area contributed by atoms with Crippen LogP contribution in [0, 0.1) is 0 Å². The van der Waals surface area contributed by atoms with E-state index >= 15 is 0 Å². The van der Waals surface area contributed by atoms with E-state index in [1.807, 2.05) is 57.2 Å². The minimum absolute atomic E-state index is 0.00164. The molecule has 4 aromatic rings. The van der Waals surface area contributed by atoms with Crippen LogP contribution < -0.4 is 23.8 Å². The van der Waals surface area contributed by atoms with Crippen LogP contribution >= 0.6 is 11.6 Å². The highest BCUT2D eigenvalue weighted by molar-refractivity contribution is 7.92. The first-order chi connectivity index (χ1) is 24.0. The van der Waals surface area contributed by atoms with Crippen molar-refractivity contribution in [2.24, 2.45) is 0 Å². The normalized spacial score (nSPS) is 12.4.